The van der Waals surface area contributed by atoms with Crippen LogP contribution in [0.25, 0.3) is 11.5 Å². The number of carbonyl (C=O) groups excluding carboxylic acids is 1. The summed E-state index contributed by atoms with van der Waals surface area (Å²) in [5.41, 5.74) is 2.02. The molecule has 0 bridgehead atoms. The van der Waals surface area contributed by atoms with Gasteiger partial charge in [0.15, 0.2) is 0 Å². The van der Waals surface area contributed by atoms with Crippen LogP contribution in [0.2, 0.25) is 0 Å². The molecule has 1 fully saturated rings. The van der Waals surface area contributed by atoms with Gasteiger partial charge < -0.3 is 9.32 Å². The van der Waals surface area contributed by atoms with Crippen LogP contribution in [-0.4, -0.2) is 39.3 Å². The number of likely N-dealkylation sites (tertiary alicyclic amines) is 1. The Morgan fingerprint density at radius 1 is 1.17 bits per heavy atom. The molecule has 1 atom stereocenters. The van der Waals surface area contributed by atoms with E-state index in [-0.39, 0.29) is 11.2 Å². The number of benzene rings is 1. The van der Waals surface area contributed by atoms with Crippen LogP contribution in [0.4, 0.5) is 0 Å². The third kappa shape index (κ3) is 3.98. The largest absolute Gasteiger partial charge is 0.411 e. The van der Waals surface area contributed by atoms with Gasteiger partial charge in [-0.25, -0.2) is 0 Å². The number of nitrogens with zero attached hydrogens (tertiary/aromatic N) is 3. The van der Waals surface area contributed by atoms with Gasteiger partial charge in [-0.2, -0.15) is 0 Å². The number of hydrogen-bond acceptors (Lipinski definition) is 5. The van der Waals surface area contributed by atoms with Crippen molar-refractivity contribution >= 4 is 17.7 Å². The van der Waals surface area contributed by atoms with Crippen LogP contribution < -0.4 is 0 Å². The number of carbonyl (C=O) groups is 1. The predicted octanol–water partition coefficient (Wildman–Crippen LogP) is 3.93. The van der Waals surface area contributed by atoms with E-state index in [2.05, 4.69) is 10.2 Å². The average molecular weight is 345 g/mol. The molecule has 128 valence electrons. The Labute approximate surface area is 146 Å². The second kappa shape index (κ2) is 7.83. The zero-order chi connectivity index (χ0) is 16.9. The highest BCUT2D eigenvalue weighted by atomic mass is 32.2. The van der Waals surface area contributed by atoms with Crippen molar-refractivity contribution in [2.75, 3.05) is 13.1 Å². The first-order valence-electron chi connectivity index (χ1n) is 8.50. The van der Waals surface area contributed by atoms with Crippen LogP contribution in [0.15, 0.2) is 33.9 Å². The van der Waals surface area contributed by atoms with E-state index < -0.39 is 0 Å². The van der Waals surface area contributed by atoms with E-state index in [1.807, 2.05) is 43.0 Å². The summed E-state index contributed by atoms with van der Waals surface area (Å²) >= 11 is 1.34. The molecule has 3 rings (SSSR count). The lowest BCUT2D eigenvalue weighted by molar-refractivity contribution is -0.130. The van der Waals surface area contributed by atoms with Crippen molar-refractivity contribution in [3.8, 4) is 11.5 Å². The lowest BCUT2D eigenvalue weighted by Gasteiger charge is -2.23. The second-order valence-electron chi connectivity index (χ2n) is 6.19. The lowest BCUT2D eigenvalue weighted by atomic mass is 10.1. The first-order chi connectivity index (χ1) is 11.6. The smallest absolute Gasteiger partial charge is 0.277 e. The molecule has 1 aromatic heterocycles. The van der Waals surface area contributed by atoms with Gasteiger partial charge in [0.2, 0.25) is 11.8 Å². The van der Waals surface area contributed by atoms with Crippen molar-refractivity contribution < 1.29 is 9.21 Å². The Morgan fingerprint density at radius 3 is 2.58 bits per heavy atom. The van der Waals surface area contributed by atoms with Gasteiger partial charge in [0.05, 0.1) is 5.25 Å². The summed E-state index contributed by atoms with van der Waals surface area (Å²) < 4.78 is 5.75. The van der Waals surface area contributed by atoms with Crippen LogP contribution in [0.1, 0.15) is 38.2 Å². The Balaban J connectivity index is 1.65. The third-order valence-electron chi connectivity index (χ3n) is 4.33. The number of aromatic nitrogens is 2. The summed E-state index contributed by atoms with van der Waals surface area (Å²) in [5, 5.41) is 8.45. The maximum atomic E-state index is 12.6. The first kappa shape index (κ1) is 17.0. The van der Waals surface area contributed by atoms with E-state index in [0.717, 1.165) is 37.1 Å². The number of rotatable bonds is 4. The molecule has 1 aliphatic rings. The standard InChI is InChI=1S/C18H23N3O2S/c1-13-9-5-6-10-15(13)16-19-20-18(23-16)24-14(2)17(22)21-11-7-3-4-8-12-21/h5-6,9-10,14H,3-4,7-8,11-12H2,1-2H3/t14-/m0/s1. The summed E-state index contributed by atoms with van der Waals surface area (Å²) in [5.74, 6) is 0.669. The molecule has 24 heavy (non-hydrogen) atoms. The van der Waals surface area contributed by atoms with Crippen molar-refractivity contribution in [1.82, 2.24) is 15.1 Å². The van der Waals surface area contributed by atoms with E-state index in [1.54, 1.807) is 0 Å². The van der Waals surface area contributed by atoms with Crippen LogP contribution in [0.5, 0.6) is 0 Å². The Kier molecular flexibility index (Phi) is 5.56. The maximum absolute atomic E-state index is 12.6. The Morgan fingerprint density at radius 2 is 1.88 bits per heavy atom. The quantitative estimate of drug-likeness (QED) is 0.786. The van der Waals surface area contributed by atoms with Gasteiger partial charge in [-0.3, -0.25) is 4.79 Å². The topological polar surface area (TPSA) is 59.2 Å². The highest BCUT2D eigenvalue weighted by Crippen LogP contribution is 2.28. The van der Waals surface area contributed by atoms with Gasteiger partial charge >= 0.3 is 0 Å². The molecule has 0 N–H and O–H groups in total. The van der Waals surface area contributed by atoms with E-state index in [4.69, 9.17) is 4.42 Å². The van der Waals surface area contributed by atoms with Gasteiger partial charge in [0.1, 0.15) is 0 Å². The molecule has 0 aliphatic carbocycles. The van der Waals surface area contributed by atoms with E-state index in [0.29, 0.717) is 11.1 Å². The molecule has 0 unspecified atom stereocenters. The van der Waals surface area contributed by atoms with Crippen molar-refractivity contribution in [3.05, 3.63) is 29.8 Å². The minimum atomic E-state index is -0.215. The zero-order valence-electron chi connectivity index (χ0n) is 14.2. The second-order valence-corrected chi connectivity index (χ2v) is 7.48. The van der Waals surface area contributed by atoms with Crippen LogP contribution in [0.3, 0.4) is 0 Å². The predicted molar refractivity (Wildman–Crippen MR) is 94.8 cm³/mol. The van der Waals surface area contributed by atoms with Crippen LogP contribution in [-0.2, 0) is 4.79 Å². The molecule has 2 aromatic rings. The first-order valence-corrected chi connectivity index (χ1v) is 9.38. The monoisotopic (exact) mass is 345 g/mol. The zero-order valence-corrected chi connectivity index (χ0v) is 15.0. The molecule has 5 nitrogen and oxygen atoms in total. The summed E-state index contributed by atoms with van der Waals surface area (Å²) in [4.78, 5) is 14.6. The maximum Gasteiger partial charge on any atom is 0.277 e. The fraction of sp³-hybridized carbons (Fsp3) is 0.500. The third-order valence-corrected chi connectivity index (χ3v) is 5.25. The van der Waals surface area contributed by atoms with Crippen molar-refractivity contribution in [2.45, 2.75) is 50.0 Å². The van der Waals surface area contributed by atoms with Crippen LogP contribution in [0, 0.1) is 6.92 Å². The minimum absolute atomic E-state index is 0.164. The molecule has 0 radical (unpaired) electrons. The summed E-state index contributed by atoms with van der Waals surface area (Å²) in [6, 6.07) is 7.90. The summed E-state index contributed by atoms with van der Waals surface area (Å²) in [6.45, 7) is 5.65. The van der Waals surface area contributed by atoms with Gasteiger partial charge in [0, 0.05) is 18.7 Å². The van der Waals surface area contributed by atoms with Gasteiger partial charge in [-0.05, 0) is 38.3 Å². The molecular weight excluding hydrogens is 322 g/mol. The van der Waals surface area contributed by atoms with Crippen molar-refractivity contribution in [3.63, 3.8) is 0 Å². The van der Waals surface area contributed by atoms with Crippen molar-refractivity contribution in [2.24, 2.45) is 0 Å². The lowest BCUT2D eigenvalue weighted by Crippen LogP contribution is -2.37. The van der Waals surface area contributed by atoms with Crippen LogP contribution >= 0.6 is 11.8 Å². The molecule has 1 amide bonds. The highest BCUT2D eigenvalue weighted by molar-refractivity contribution is 8.00. The highest BCUT2D eigenvalue weighted by Gasteiger charge is 2.24. The molecule has 1 aliphatic heterocycles. The summed E-state index contributed by atoms with van der Waals surface area (Å²) in [7, 11) is 0. The molecule has 1 aromatic carbocycles. The molecule has 2 heterocycles. The minimum Gasteiger partial charge on any atom is -0.411 e. The molecule has 1 saturated heterocycles. The van der Waals surface area contributed by atoms with E-state index >= 15 is 0 Å². The van der Waals surface area contributed by atoms with Gasteiger partial charge in [-0.1, -0.05) is 42.8 Å². The molecule has 0 spiro atoms. The molecular formula is C18H23N3O2S. The van der Waals surface area contributed by atoms with E-state index in [9.17, 15) is 4.79 Å². The van der Waals surface area contributed by atoms with Gasteiger partial charge in [-0.15, -0.1) is 10.2 Å². The number of aryl methyl sites for hydroxylation is 1. The Bertz CT molecular complexity index is 693. The van der Waals surface area contributed by atoms with E-state index in [1.165, 1.54) is 24.6 Å². The fourth-order valence-electron chi connectivity index (χ4n) is 2.93. The Hall–Kier alpha value is -1.82. The molecule has 0 saturated carbocycles. The average Bonchev–Trinajstić information content (AvgIpc) is 2.87. The van der Waals surface area contributed by atoms with Crippen molar-refractivity contribution in [1.29, 1.82) is 0 Å². The molecule has 6 heteroatoms. The SMILES string of the molecule is Cc1ccccc1-c1nnc(S[C@@H](C)C(=O)N2CCCCCC2)o1. The van der Waals surface area contributed by atoms with Gasteiger partial charge in [0.25, 0.3) is 5.22 Å². The fourth-order valence-corrected chi connectivity index (χ4v) is 3.70. The summed E-state index contributed by atoms with van der Waals surface area (Å²) in [6.07, 6.45) is 4.63. The normalized spacial score (nSPS) is 16.7. The number of thioether (sulfide) groups is 1. The number of amides is 1. The number of hydrogen-bond donors (Lipinski definition) is 0.